The van der Waals surface area contributed by atoms with Crippen molar-refractivity contribution in [1.82, 2.24) is 10.2 Å². The maximum atomic E-state index is 12.8. The summed E-state index contributed by atoms with van der Waals surface area (Å²) in [4.78, 5) is 35.1. The number of hydrogen-bond donors (Lipinski definition) is 4. The maximum absolute atomic E-state index is 12.8. The fraction of sp³-hybridized carbons (Fsp3) is 0.833. The van der Waals surface area contributed by atoms with Gasteiger partial charge in [-0.05, 0) is 24.7 Å². The lowest BCUT2D eigenvalue weighted by Gasteiger charge is -2.32. The molecule has 188 valence electrons. The van der Waals surface area contributed by atoms with E-state index in [2.05, 4.69) is 5.32 Å². The topological polar surface area (TPSA) is 133 Å². The summed E-state index contributed by atoms with van der Waals surface area (Å²) in [5, 5.41) is 18.9. The van der Waals surface area contributed by atoms with Gasteiger partial charge in [-0.3, -0.25) is 9.59 Å². The van der Waals surface area contributed by atoms with Crippen molar-refractivity contribution in [3.8, 4) is 0 Å². The van der Waals surface area contributed by atoms with Gasteiger partial charge < -0.3 is 26.2 Å². The van der Waals surface area contributed by atoms with Crippen molar-refractivity contribution in [2.45, 2.75) is 77.1 Å². The second-order valence-electron chi connectivity index (χ2n) is 8.03. The summed E-state index contributed by atoms with van der Waals surface area (Å²) >= 11 is 0. The van der Waals surface area contributed by atoms with E-state index in [0.29, 0.717) is 19.4 Å². The number of amides is 2. The molecule has 1 fully saturated rings. The van der Waals surface area contributed by atoms with Crippen LogP contribution in [0.25, 0.3) is 0 Å². The molecule has 0 aromatic carbocycles. The Balaban J connectivity index is 0.00000118. The number of aliphatic hydroxyl groups is 1. The molecule has 0 aromatic rings. The summed E-state index contributed by atoms with van der Waals surface area (Å²) in [6.07, 6.45) is -11.7. The number of nitrogens with two attached hydrogens (primary N) is 1. The first-order valence-electron chi connectivity index (χ1n) is 9.73. The SMILES string of the molecule is CC(C)C(NC(=O)C1CCCN1C(=O)[C@@H](N)C(C)C)[C@H](O)C(F)(F)F.O=C(O)C(F)(F)F. The number of carbonyl (C=O) groups is 3. The van der Waals surface area contributed by atoms with E-state index in [1.807, 2.05) is 0 Å². The molecule has 0 saturated carbocycles. The number of alkyl halides is 6. The highest BCUT2D eigenvalue weighted by Gasteiger charge is 2.46. The van der Waals surface area contributed by atoms with Crippen LogP contribution in [0.4, 0.5) is 26.3 Å². The normalized spacial score (nSPS) is 19.8. The summed E-state index contributed by atoms with van der Waals surface area (Å²) < 4.78 is 70.1. The molecular weight excluding hydrogens is 452 g/mol. The van der Waals surface area contributed by atoms with Crippen molar-refractivity contribution in [3.63, 3.8) is 0 Å². The smallest absolute Gasteiger partial charge is 0.475 e. The Hall–Kier alpha value is -2.09. The van der Waals surface area contributed by atoms with Gasteiger partial charge in [0, 0.05) is 6.54 Å². The zero-order valence-corrected chi connectivity index (χ0v) is 18.0. The van der Waals surface area contributed by atoms with Crippen molar-refractivity contribution in [2.24, 2.45) is 17.6 Å². The van der Waals surface area contributed by atoms with Crippen LogP contribution in [0.1, 0.15) is 40.5 Å². The van der Waals surface area contributed by atoms with Gasteiger partial charge in [0.25, 0.3) is 0 Å². The molecule has 0 bridgehead atoms. The summed E-state index contributed by atoms with van der Waals surface area (Å²) in [5.41, 5.74) is 5.85. The Morgan fingerprint density at radius 1 is 1.03 bits per heavy atom. The van der Waals surface area contributed by atoms with Crippen LogP contribution in [0, 0.1) is 11.8 Å². The summed E-state index contributed by atoms with van der Waals surface area (Å²) in [7, 11) is 0. The third kappa shape index (κ3) is 8.81. The van der Waals surface area contributed by atoms with E-state index in [0.717, 1.165) is 0 Å². The molecule has 0 aliphatic carbocycles. The standard InChI is InChI=1S/C16H28F3N3O3.C2HF3O2/c1-8(2)11(20)15(25)22-7-5-6-10(22)14(24)21-12(9(3)4)13(23)16(17,18)19;3-2(4,5)1(6)7/h8-13,23H,5-7,20H2,1-4H3,(H,21,24);(H,6,7)/t10?,11-,12?,13-;/m0./s1. The number of nitrogens with one attached hydrogen (secondary N) is 1. The van der Waals surface area contributed by atoms with E-state index in [9.17, 15) is 41.0 Å². The lowest BCUT2D eigenvalue weighted by Crippen LogP contribution is -2.58. The number of aliphatic hydroxyl groups excluding tert-OH is 1. The highest BCUT2D eigenvalue weighted by Crippen LogP contribution is 2.26. The highest BCUT2D eigenvalue weighted by molar-refractivity contribution is 5.90. The first-order chi connectivity index (χ1) is 14.3. The van der Waals surface area contributed by atoms with Crippen LogP contribution in [-0.2, 0) is 14.4 Å². The molecule has 8 nitrogen and oxygen atoms in total. The number of halogens is 6. The molecule has 1 aliphatic heterocycles. The second kappa shape index (κ2) is 11.7. The Labute approximate surface area is 181 Å². The molecule has 1 aliphatic rings. The number of rotatable bonds is 6. The lowest BCUT2D eigenvalue weighted by molar-refractivity contribution is -0.215. The van der Waals surface area contributed by atoms with E-state index >= 15 is 0 Å². The van der Waals surface area contributed by atoms with Gasteiger partial charge in [-0.15, -0.1) is 0 Å². The predicted molar refractivity (Wildman–Crippen MR) is 100 cm³/mol. The van der Waals surface area contributed by atoms with Gasteiger partial charge in [0.05, 0.1) is 12.1 Å². The van der Waals surface area contributed by atoms with E-state index in [4.69, 9.17) is 15.6 Å². The zero-order chi connectivity index (χ0) is 25.6. The van der Waals surface area contributed by atoms with Crippen LogP contribution in [-0.4, -0.2) is 76.0 Å². The van der Waals surface area contributed by atoms with E-state index in [1.165, 1.54) is 18.7 Å². The van der Waals surface area contributed by atoms with Crippen LogP contribution in [0.5, 0.6) is 0 Å². The highest BCUT2D eigenvalue weighted by atomic mass is 19.4. The van der Waals surface area contributed by atoms with Crippen molar-refractivity contribution in [2.75, 3.05) is 6.54 Å². The Kier molecular flexibility index (Phi) is 10.9. The molecule has 1 saturated heterocycles. The van der Waals surface area contributed by atoms with Crippen LogP contribution < -0.4 is 11.1 Å². The summed E-state index contributed by atoms with van der Waals surface area (Å²) in [6.45, 7) is 6.86. The minimum absolute atomic E-state index is 0.118. The molecule has 1 heterocycles. The molecule has 0 aromatic heterocycles. The van der Waals surface area contributed by atoms with Crippen molar-refractivity contribution < 1.29 is 50.9 Å². The molecule has 1 rings (SSSR count). The van der Waals surface area contributed by atoms with Crippen LogP contribution in [0.2, 0.25) is 0 Å². The van der Waals surface area contributed by atoms with Gasteiger partial charge in [0.15, 0.2) is 6.10 Å². The van der Waals surface area contributed by atoms with Gasteiger partial charge in [0.2, 0.25) is 11.8 Å². The second-order valence-corrected chi connectivity index (χ2v) is 8.03. The number of likely N-dealkylation sites (tertiary alicyclic amines) is 1. The van der Waals surface area contributed by atoms with E-state index < -0.39 is 54.4 Å². The third-order valence-corrected chi connectivity index (χ3v) is 4.79. The summed E-state index contributed by atoms with van der Waals surface area (Å²) in [6, 6.07) is -3.11. The van der Waals surface area contributed by atoms with Gasteiger partial charge in [-0.2, -0.15) is 26.3 Å². The predicted octanol–water partition coefficient (Wildman–Crippen LogP) is 1.66. The van der Waals surface area contributed by atoms with Crippen molar-refractivity contribution >= 4 is 17.8 Å². The van der Waals surface area contributed by atoms with Crippen LogP contribution in [0.15, 0.2) is 0 Å². The zero-order valence-electron chi connectivity index (χ0n) is 18.0. The number of carboxylic acids is 1. The first-order valence-corrected chi connectivity index (χ1v) is 9.73. The van der Waals surface area contributed by atoms with E-state index in [1.54, 1.807) is 13.8 Å². The van der Waals surface area contributed by atoms with E-state index in [-0.39, 0.29) is 11.8 Å². The fourth-order valence-electron chi connectivity index (χ4n) is 2.85. The molecule has 0 spiro atoms. The number of carboxylic acid groups (broad SMARTS) is 1. The lowest BCUT2D eigenvalue weighted by atomic mass is 9.97. The molecule has 0 radical (unpaired) electrons. The average molecular weight is 481 g/mol. The van der Waals surface area contributed by atoms with Gasteiger partial charge >= 0.3 is 18.3 Å². The van der Waals surface area contributed by atoms with Crippen molar-refractivity contribution in [1.29, 1.82) is 0 Å². The number of hydrogen-bond acceptors (Lipinski definition) is 5. The number of nitrogens with zero attached hydrogens (tertiary/aromatic N) is 1. The molecule has 5 N–H and O–H groups in total. The van der Waals surface area contributed by atoms with Crippen LogP contribution in [0.3, 0.4) is 0 Å². The molecular formula is C18H29F6N3O5. The molecule has 32 heavy (non-hydrogen) atoms. The fourth-order valence-corrected chi connectivity index (χ4v) is 2.85. The molecule has 4 atom stereocenters. The van der Waals surface area contributed by atoms with Crippen molar-refractivity contribution in [3.05, 3.63) is 0 Å². The molecule has 14 heteroatoms. The Bertz CT molecular complexity index is 654. The number of aliphatic carboxylic acids is 1. The van der Waals surface area contributed by atoms with Gasteiger partial charge in [0.1, 0.15) is 6.04 Å². The quantitative estimate of drug-likeness (QED) is 0.427. The first kappa shape index (κ1) is 29.9. The van der Waals surface area contributed by atoms with Gasteiger partial charge in [-0.25, -0.2) is 4.79 Å². The maximum Gasteiger partial charge on any atom is 0.490 e. The minimum atomic E-state index is -5.08. The third-order valence-electron chi connectivity index (χ3n) is 4.79. The number of carbonyl (C=O) groups excluding carboxylic acids is 2. The molecule has 2 unspecified atom stereocenters. The van der Waals surface area contributed by atoms with Gasteiger partial charge in [-0.1, -0.05) is 27.7 Å². The minimum Gasteiger partial charge on any atom is -0.475 e. The Morgan fingerprint density at radius 2 is 1.50 bits per heavy atom. The van der Waals surface area contributed by atoms with Crippen LogP contribution >= 0.6 is 0 Å². The monoisotopic (exact) mass is 481 g/mol. The largest absolute Gasteiger partial charge is 0.490 e. The summed E-state index contributed by atoms with van der Waals surface area (Å²) in [5.74, 6) is -4.59. The average Bonchev–Trinajstić information content (AvgIpc) is 3.12. The Morgan fingerprint density at radius 3 is 1.84 bits per heavy atom. The molecule has 2 amide bonds.